The first-order chi connectivity index (χ1) is 8.85. The summed E-state index contributed by atoms with van der Waals surface area (Å²) in [7, 11) is 0. The minimum Gasteiger partial charge on any atom is -0.308 e. The summed E-state index contributed by atoms with van der Waals surface area (Å²) in [6, 6.07) is 12.2. The van der Waals surface area contributed by atoms with Crippen molar-refractivity contribution in [2.45, 2.75) is 19.4 Å². The van der Waals surface area contributed by atoms with E-state index in [4.69, 9.17) is 6.42 Å². The minimum atomic E-state index is 0.130. The SMILES string of the molecule is C#CCC(NCC)c1ccn(-c2ccccc2)n1. The molecule has 0 aliphatic carbocycles. The predicted molar refractivity (Wildman–Crippen MR) is 73.4 cm³/mol. The Hall–Kier alpha value is -2.05. The minimum absolute atomic E-state index is 0.130. The molecule has 18 heavy (non-hydrogen) atoms. The van der Waals surface area contributed by atoms with Crippen LogP contribution in [0.5, 0.6) is 0 Å². The second-order valence-electron chi connectivity index (χ2n) is 4.04. The van der Waals surface area contributed by atoms with Crippen LogP contribution in [-0.2, 0) is 0 Å². The standard InChI is InChI=1S/C15H17N3/c1-3-8-14(16-4-2)15-11-12-18(17-15)13-9-6-5-7-10-13/h1,5-7,9-12,14,16H,4,8H2,2H3. The van der Waals surface area contributed by atoms with Crippen LogP contribution in [0.2, 0.25) is 0 Å². The van der Waals surface area contributed by atoms with Gasteiger partial charge in [0.2, 0.25) is 0 Å². The van der Waals surface area contributed by atoms with Gasteiger partial charge in [0.15, 0.2) is 0 Å². The fraction of sp³-hybridized carbons (Fsp3) is 0.267. The van der Waals surface area contributed by atoms with Crippen molar-refractivity contribution in [3.05, 3.63) is 48.3 Å². The molecule has 3 heteroatoms. The Balaban J connectivity index is 2.22. The molecular weight excluding hydrogens is 222 g/mol. The van der Waals surface area contributed by atoms with Crippen LogP contribution in [0.3, 0.4) is 0 Å². The Morgan fingerprint density at radius 3 is 2.78 bits per heavy atom. The van der Waals surface area contributed by atoms with E-state index in [1.807, 2.05) is 47.3 Å². The van der Waals surface area contributed by atoms with E-state index in [1.54, 1.807) is 0 Å². The van der Waals surface area contributed by atoms with Crippen LogP contribution < -0.4 is 5.32 Å². The van der Waals surface area contributed by atoms with E-state index in [9.17, 15) is 0 Å². The second-order valence-corrected chi connectivity index (χ2v) is 4.04. The van der Waals surface area contributed by atoms with Crippen LogP contribution in [0.4, 0.5) is 0 Å². The van der Waals surface area contributed by atoms with Crippen molar-refractivity contribution in [2.75, 3.05) is 6.54 Å². The summed E-state index contributed by atoms with van der Waals surface area (Å²) >= 11 is 0. The summed E-state index contributed by atoms with van der Waals surface area (Å²) in [4.78, 5) is 0. The largest absolute Gasteiger partial charge is 0.308 e. The summed E-state index contributed by atoms with van der Waals surface area (Å²) in [5, 5.41) is 7.92. The van der Waals surface area contributed by atoms with Crippen LogP contribution in [0, 0.1) is 12.3 Å². The molecule has 0 radical (unpaired) electrons. The van der Waals surface area contributed by atoms with Gasteiger partial charge in [0, 0.05) is 12.6 Å². The van der Waals surface area contributed by atoms with Crippen LogP contribution in [-0.4, -0.2) is 16.3 Å². The zero-order chi connectivity index (χ0) is 12.8. The summed E-state index contributed by atoms with van der Waals surface area (Å²) in [5.74, 6) is 2.69. The first kappa shape index (κ1) is 12.4. The zero-order valence-electron chi connectivity index (χ0n) is 10.5. The Bertz CT molecular complexity index is 522. The van der Waals surface area contributed by atoms with Gasteiger partial charge in [-0.25, -0.2) is 4.68 Å². The average molecular weight is 239 g/mol. The van der Waals surface area contributed by atoms with Gasteiger partial charge in [-0.1, -0.05) is 25.1 Å². The molecule has 1 N–H and O–H groups in total. The Morgan fingerprint density at radius 2 is 2.11 bits per heavy atom. The van der Waals surface area contributed by atoms with E-state index in [0.717, 1.165) is 17.9 Å². The van der Waals surface area contributed by atoms with Crippen molar-refractivity contribution >= 4 is 0 Å². The highest BCUT2D eigenvalue weighted by atomic mass is 15.3. The molecule has 1 unspecified atom stereocenters. The maximum absolute atomic E-state index is 5.39. The van der Waals surface area contributed by atoms with Gasteiger partial charge in [-0.3, -0.25) is 0 Å². The van der Waals surface area contributed by atoms with Crippen LogP contribution in [0.15, 0.2) is 42.6 Å². The molecule has 92 valence electrons. The van der Waals surface area contributed by atoms with Crippen molar-refractivity contribution < 1.29 is 0 Å². The molecule has 0 aliphatic heterocycles. The van der Waals surface area contributed by atoms with Gasteiger partial charge in [-0.15, -0.1) is 12.3 Å². The number of hydrogen-bond acceptors (Lipinski definition) is 2. The molecule has 0 amide bonds. The third-order valence-corrected chi connectivity index (χ3v) is 2.76. The Labute approximate surface area is 108 Å². The number of nitrogens with one attached hydrogen (secondary N) is 1. The molecule has 0 saturated carbocycles. The van der Waals surface area contributed by atoms with Crippen LogP contribution >= 0.6 is 0 Å². The van der Waals surface area contributed by atoms with Crippen molar-refractivity contribution in [1.29, 1.82) is 0 Å². The number of rotatable bonds is 5. The van der Waals surface area contributed by atoms with Crippen LogP contribution in [0.25, 0.3) is 5.69 Å². The van der Waals surface area contributed by atoms with Crippen molar-refractivity contribution in [3.8, 4) is 18.0 Å². The third-order valence-electron chi connectivity index (χ3n) is 2.76. The summed E-state index contributed by atoms with van der Waals surface area (Å²) < 4.78 is 1.87. The molecule has 1 aromatic carbocycles. The van der Waals surface area contributed by atoms with Gasteiger partial charge in [-0.2, -0.15) is 5.10 Å². The van der Waals surface area contributed by atoms with Gasteiger partial charge < -0.3 is 5.32 Å². The lowest BCUT2D eigenvalue weighted by Crippen LogP contribution is -2.21. The van der Waals surface area contributed by atoms with E-state index in [0.29, 0.717) is 6.42 Å². The number of para-hydroxylation sites is 1. The number of aromatic nitrogens is 2. The lowest BCUT2D eigenvalue weighted by atomic mass is 10.1. The highest BCUT2D eigenvalue weighted by molar-refractivity contribution is 5.30. The molecular formula is C15H17N3. The molecule has 3 nitrogen and oxygen atoms in total. The number of hydrogen-bond donors (Lipinski definition) is 1. The van der Waals surface area contributed by atoms with Crippen molar-refractivity contribution in [2.24, 2.45) is 0 Å². The summed E-state index contributed by atoms with van der Waals surface area (Å²) in [5.41, 5.74) is 2.04. The Kier molecular flexibility index (Phi) is 4.16. The lowest BCUT2D eigenvalue weighted by molar-refractivity contribution is 0.546. The fourth-order valence-electron chi connectivity index (χ4n) is 1.89. The lowest BCUT2D eigenvalue weighted by Gasteiger charge is -2.12. The summed E-state index contributed by atoms with van der Waals surface area (Å²) in [6.45, 7) is 2.95. The van der Waals surface area contributed by atoms with E-state index in [2.05, 4.69) is 23.3 Å². The molecule has 2 rings (SSSR count). The fourth-order valence-corrected chi connectivity index (χ4v) is 1.89. The smallest absolute Gasteiger partial charge is 0.0808 e. The van der Waals surface area contributed by atoms with Gasteiger partial charge in [0.05, 0.1) is 17.4 Å². The first-order valence-corrected chi connectivity index (χ1v) is 6.13. The van der Waals surface area contributed by atoms with Crippen molar-refractivity contribution in [3.63, 3.8) is 0 Å². The molecule has 2 aromatic rings. The van der Waals surface area contributed by atoms with E-state index < -0.39 is 0 Å². The third kappa shape index (κ3) is 2.79. The Morgan fingerprint density at radius 1 is 1.33 bits per heavy atom. The van der Waals surface area contributed by atoms with Crippen molar-refractivity contribution in [1.82, 2.24) is 15.1 Å². The van der Waals surface area contributed by atoms with Gasteiger partial charge in [0.1, 0.15) is 0 Å². The highest BCUT2D eigenvalue weighted by Crippen LogP contribution is 2.15. The highest BCUT2D eigenvalue weighted by Gasteiger charge is 2.12. The molecule has 1 heterocycles. The predicted octanol–water partition coefficient (Wildman–Crippen LogP) is 2.55. The van der Waals surface area contributed by atoms with Gasteiger partial charge >= 0.3 is 0 Å². The van der Waals surface area contributed by atoms with E-state index in [-0.39, 0.29) is 6.04 Å². The van der Waals surface area contributed by atoms with Gasteiger partial charge in [-0.05, 0) is 24.7 Å². The van der Waals surface area contributed by atoms with Gasteiger partial charge in [0.25, 0.3) is 0 Å². The maximum atomic E-state index is 5.39. The molecule has 0 fully saturated rings. The summed E-state index contributed by atoms with van der Waals surface area (Å²) in [6.07, 6.45) is 8.01. The van der Waals surface area contributed by atoms with E-state index in [1.165, 1.54) is 0 Å². The normalized spacial score (nSPS) is 12.0. The number of terminal acetylenes is 1. The molecule has 0 aliphatic rings. The first-order valence-electron chi connectivity index (χ1n) is 6.13. The maximum Gasteiger partial charge on any atom is 0.0808 e. The molecule has 0 spiro atoms. The second kappa shape index (κ2) is 6.04. The average Bonchev–Trinajstić information content (AvgIpc) is 2.89. The molecule has 1 atom stereocenters. The number of benzene rings is 1. The van der Waals surface area contributed by atoms with Crippen LogP contribution in [0.1, 0.15) is 25.1 Å². The molecule has 1 aromatic heterocycles. The number of nitrogens with zero attached hydrogens (tertiary/aromatic N) is 2. The monoisotopic (exact) mass is 239 g/mol. The molecule has 0 bridgehead atoms. The topological polar surface area (TPSA) is 29.9 Å². The van der Waals surface area contributed by atoms with E-state index >= 15 is 0 Å². The molecule has 0 saturated heterocycles. The zero-order valence-corrected chi connectivity index (χ0v) is 10.5. The quantitative estimate of drug-likeness (QED) is 0.813.